The van der Waals surface area contributed by atoms with E-state index in [0.717, 1.165) is 5.75 Å². The second-order valence-corrected chi connectivity index (χ2v) is 4.60. The summed E-state index contributed by atoms with van der Waals surface area (Å²) in [5.74, 6) is 3.85. The Morgan fingerprint density at radius 3 is 2.38 bits per heavy atom. The van der Waals surface area contributed by atoms with Crippen LogP contribution in [0.5, 0.6) is 0 Å². The molecule has 0 saturated carbocycles. The highest BCUT2D eigenvalue weighted by Crippen LogP contribution is 2.12. The van der Waals surface area contributed by atoms with Crippen molar-refractivity contribution < 1.29 is 5.11 Å². The Labute approximate surface area is 53.4 Å². The van der Waals surface area contributed by atoms with Crippen LogP contribution in [0.15, 0.2) is 0 Å². The van der Waals surface area contributed by atoms with E-state index in [4.69, 9.17) is 5.11 Å². The first-order chi connectivity index (χ1) is 3.93. The third kappa shape index (κ3) is 1.67. The molecule has 0 aromatic rings. The number of hydrogen-bond acceptors (Lipinski definition) is 1. The molecule has 2 heteroatoms. The van der Waals surface area contributed by atoms with Gasteiger partial charge in [-0.2, -0.15) is 0 Å². The SMILES string of the molecule is OCC[S+]1CCCC1. The molecule has 1 aliphatic rings. The lowest BCUT2D eigenvalue weighted by Gasteiger charge is -1.93. The molecular formula is C6H13OS+. The second kappa shape index (κ2) is 3.36. The Morgan fingerprint density at radius 1 is 1.25 bits per heavy atom. The van der Waals surface area contributed by atoms with E-state index < -0.39 is 0 Å². The van der Waals surface area contributed by atoms with Crippen molar-refractivity contribution in [1.82, 2.24) is 0 Å². The molecule has 1 N–H and O–H groups in total. The smallest absolute Gasteiger partial charge is 0.131 e. The van der Waals surface area contributed by atoms with Crippen molar-refractivity contribution in [2.45, 2.75) is 12.8 Å². The van der Waals surface area contributed by atoms with Crippen molar-refractivity contribution in [3.63, 3.8) is 0 Å². The molecule has 1 aliphatic heterocycles. The van der Waals surface area contributed by atoms with Gasteiger partial charge >= 0.3 is 0 Å². The molecule has 0 spiro atoms. The molecule has 0 aromatic carbocycles. The second-order valence-electron chi connectivity index (χ2n) is 2.16. The first kappa shape index (κ1) is 6.43. The molecule has 8 heavy (non-hydrogen) atoms. The zero-order chi connectivity index (χ0) is 5.82. The minimum atomic E-state index is 0.406. The summed E-state index contributed by atoms with van der Waals surface area (Å²) in [6.07, 6.45) is 2.81. The summed E-state index contributed by atoms with van der Waals surface area (Å²) < 4.78 is 0. The Bertz CT molecular complexity index is 59.5. The van der Waals surface area contributed by atoms with Crippen molar-refractivity contribution in [2.75, 3.05) is 23.9 Å². The van der Waals surface area contributed by atoms with Crippen molar-refractivity contribution in [3.8, 4) is 0 Å². The first-order valence-electron chi connectivity index (χ1n) is 3.18. The van der Waals surface area contributed by atoms with Gasteiger partial charge in [0.05, 0.1) is 6.61 Å². The zero-order valence-electron chi connectivity index (χ0n) is 5.10. The van der Waals surface area contributed by atoms with Crippen LogP contribution in [0.3, 0.4) is 0 Å². The summed E-state index contributed by atoms with van der Waals surface area (Å²) >= 11 is 0. The summed E-state index contributed by atoms with van der Waals surface area (Å²) in [4.78, 5) is 0. The lowest BCUT2D eigenvalue weighted by molar-refractivity contribution is 0.322. The van der Waals surface area contributed by atoms with Gasteiger partial charge in [-0.25, -0.2) is 0 Å². The van der Waals surface area contributed by atoms with Gasteiger partial charge in [-0.05, 0) is 23.7 Å². The van der Waals surface area contributed by atoms with E-state index in [0.29, 0.717) is 17.5 Å². The average molecular weight is 133 g/mol. The largest absolute Gasteiger partial charge is 0.391 e. The quantitative estimate of drug-likeness (QED) is 0.540. The van der Waals surface area contributed by atoms with Crippen LogP contribution in [0.4, 0.5) is 0 Å². The molecule has 0 bridgehead atoms. The molecule has 1 saturated heterocycles. The van der Waals surface area contributed by atoms with E-state index in [9.17, 15) is 0 Å². The zero-order valence-corrected chi connectivity index (χ0v) is 5.91. The Balaban J connectivity index is 2.06. The number of hydrogen-bond donors (Lipinski definition) is 1. The van der Waals surface area contributed by atoms with Crippen molar-refractivity contribution in [1.29, 1.82) is 0 Å². The molecule has 1 nitrogen and oxygen atoms in total. The Morgan fingerprint density at radius 2 is 1.88 bits per heavy atom. The van der Waals surface area contributed by atoms with Crippen molar-refractivity contribution in [2.24, 2.45) is 0 Å². The summed E-state index contributed by atoms with van der Waals surface area (Å²) in [6.45, 7) is 0.406. The maximum absolute atomic E-state index is 8.53. The monoisotopic (exact) mass is 133 g/mol. The number of aliphatic hydroxyl groups excluding tert-OH is 1. The van der Waals surface area contributed by atoms with Gasteiger partial charge in [0.2, 0.25) is 0 Å². The molecule has 0 aliphatic carbocycles. The summed E-state index contributed by atoms with van der Waals surface area (Å²) in [5, 5.41) is 8.53. The Hall–Kier alpha value is 0.310. The highest BCUT2D eigenvalue weighted by Gasteiger charge is 2.22. The molecule has 0 atom stereocenters. The van der Waals surface area contributed by atoms with Crippen LogP contribution in [0, 0.1) is 0 Å². The van der Waals surface area contributed by atoms with Crippen LogP contribution in [0.25, 0.3) is 0 Å². The molecule has 0 amide bonds. The maximum atomic E-state index is 8.53. The fraction of sp³-hybridized carbons (Fsp3) is 1.00. The molecule has 1 fully saturated rings. The highest BCUT2D eigenvalue weighted by atomic mass is 32.2. The van der Waals surface area contributed by atoms with Gasteiger partial charge in [-0.3, -0.25) is 0 Å². The maximum Gasteiger partial charge on any atom is 0.131 e. The normalized spacial score (nSPS) is 22.1. The summed E-state index contributed by atoms with van der Waals surface area (Å²) in [6, 6.07) is 0. The van der Waals surface area contributed by atoms with E-state index in [1.165, 1.54) is 24.3 Å². The molecule has 0 radical (unpaired) electrons. The van der Waals surface area contributed by atoms with Crippen molar-refractivity contribution in [3.05, 3.63) is 0 Å². The van der Waals surface area contributed by atoms with Gasteiger partial charge < -0.3 is 5.11 Å². The van der Waals surface area contributed by atoms with Crippen LogP contribution in [0.2, 0.25) is 0 Å². The molecule has 48 valence electrons. The van der Waals surface area contributed by atoms with Gasteiger partial charge in [0, 0.05) is 0 Å². The number of aliphatic hydroxyl groups is 1. The van der Waals surface area contributed by atoms with Crippen molar-refractivity contribution >= 4 is 10.9 Å². The van der Waals surface area contributed by atoms with Crippen LogP contribution >= 0.6 is 0 Å². The minimum absolute atomic E-state index is 0.406. The van der Waals surface area contributed by atoms with Gasteiger partial charge in [0.1, 0.15) is 17.3 Å². The standard InChI is InChI=1S/C6H13OS/c7-3-6-8-4-1-2-5-8/h7H,1-6H2/q+1. The van der Waals surface area contributed by atoms with E-state index in [2.05, 4.69) is 0 Å². The summed E-state index contributed by atoms with van der Waals surface area (Å²) in [7, 11) is 0.623. The minimum Gasteiger partial charge on any atom is -0.391 e. The summed E-state index contributed by atoms with van der Waals surface area (Å²) in [5.41, 5.74) is 0. The van der Waals surface area contributed by atoms with E-state index in [1.54, 1.807) is 0 Å². The van der Waals surface area contributed by atoms with Crippen LogP contribution in [-0.2, 0) is 10.9 Å². The van der Waals surface area contributed by atoms with E-state index in [-0.39, 0.29) is 0 Å². The lowest BCUT2D eigenvalue weighted by atomic mass is 10.4. The fourth-order valence-corrected chi connectivity index (χ4v) is 3.14. The van der Waals surface area contributed by atoms with Crippen LogP contribution in [0.1, 0.15) is 12.8 Å². The lowest BCUT2D eigenvalue weighted by Crippen LogP contribution is -2.11. The molecular weight excluding hydrogens is 120 g/mol. The van der Waals surface area contributed by atoms with Gasteiger partial charge in [-0.1, -0.05) is 0 Å². The first-order valence-corrected chi connectivity index (χ1v) is 4.91. The van der Waals surface area contributed by atoms with Gasteiger partial charge in [0.25, 0.3) is 0 Å². The molecule has 0 aromatic heterocycles. The van der Waals surface area contributed by atoms with E-state index in [1.807, 2.05) is 0 Å². The van der Waals surface area contributed by atoms with Crippen LogP contribution < -0.4 is 0 Å². The number of rotatable bonds is 2. The van der Waals surface area contributed by atoms with Crippen LogP contribution in [-0.4, -0.2) is 29.0 Å². The molecule has 0 unspecified atom stereocenters. The third-order valence-corrected chi connectivity index (χ3v) is 3.99. The fourth-order valence-electron chi connectivity index (χ4n) is 1.05. The van der Waals surface area contributed by atoms with E-state index >= 15 is 0 Å². The van der Waals surface area contributed by atoms with Gasteiger partial charge in [0.15, 0.2) is 0 Å². The topological polar surface area (TPSA) is 20.2 Å². The molecule has 1 heterocycles. The van der Waals surface area contributed by atoms with Gasteiger partial charge in [-0.15, -0.1) is 0 Å². The average Bonchev–Trinajstić information content (AvgIpc) is 2.19. The highest BCUT2D eigenvalue weighted by molar-refractivity contribution is 7.97. The molecule has 1 rings (SSSR count). The predicted molar refractivity (Wildman–Crippen MR) is 38.3 cm³/mol. The Kier molecular flexibility index (Phi) is 2.70. The third-order valence-electron chi connectivity index (χ3n) is 1.50. The predicted octanol–water partition coefficient (Wildman–Crippen LogP) is 0.391.